The second-order valence-corrected chi connectivity index (χ2v) is 8.56. The van der Waals surface area contributed by atoms with Crippen molar-refractivity contribution in [3.63, 3.8) is 0 Å². The first-order chi connectivity index (χ1) is 14.5. The van der Waals surface area contributed by atoms with E-state index >= 15 is 0 Å². The maximum Gasteiger partial charge on any atom is 0.350 e. The van der Waals surface area contributed by atoms with Gasteiger partial charge in [0.25, 0.3) is 0 Å². The topological polar surface area (TPSA) is 76.2 Å². The van der Waals surface area contributed by atoms with E-state index in [0.29, 0.717) is 22.8 Å². The third kappa shape index (κ3) is 3.88. The van der Waals surface area contributed by atoms with Crippen LogP contribution in [0, 0.1) is 6.92 Å². The van der Waals surface area contributed by atoms with E-state index in [9.17, 15) is 9.90 Å². The monoisotopic (exact) mass is 483 g/mol. The molecule has 8 heteroatoms. The number of ether oxygens (including phenoxy) is 1. The van der Waals surface area contributed by atoms with E-state index in [0.717, 1.165) is 20.9 Å². The lowest BCUT2D eigenvalue weighted by atomic mass is 10.1. The number of azo groups is 1. The first kappa shape index (κ1) is 20.3. The Kier molecular flexibility index (Phi) is 5.69. The van der Waals surface area contributed by atoms with Crippen molar-refractivity contribution >= 4 is 55.5 Å². The third-order valence-electron chi connectivity index (χ3n) is 4.71. The molecule has 30 heavy (non-hydrogen) atoms. The average molecular weight is 484 g/mol. The van der Waals surface area contributed by atoms with Gasteiger partial charge in [-0.05, 0) is 42.1 Å². The van der Waals surface area contributed by atoms with Crippen molar-refractivity contribution in [3.05, 3.63) is 74.4 Å². The average Bonchev–Trinajstić information content (AvgIpc) is 3.30. The van der Waals surface area contributed by atoms with E-state index in [1.807, 2.05) is 49.4 Å². The number of fused-ring (bicyclic) bond motifs is 1. The second kappa shape index (κ2) is 8.41. The molecule has 0 aliphatic carbocycles. The molecular weight excluding hydrogens is 466 g/mol. The van der Waals surface area contributed by atoms with Crippen LogP contribution in [-0.4, -0.2) is 22.8 Å². The molecule has 2 heterocycles. The van der Waals surface area contributed by atoms with Gasteiger partial charge < -0.3 is 14.4 Å². The SMILES string of the molecule is COC(=O)c1sccc1N=Nc1c(O)n(Cc2ccc(C)cc2)c2ccc(Br)cc12. The van der Waals surface area contributed by atoms with Gasteiger partial charge in [0.2, 0.25) is 5.88 Å². The smallest absolute Gasteiger partial charge is 0.350 e. The summed E-state index contributed by atoms with van der Waals surface area (Å²) in [6.07, 6.45) is 0. The number of nitrogens with zero attached hydrogens (tertiary/aromatic N) is 3. The lowest BCUT2D eigenvalue weighted by molar-refractivity contribution is 0.0607. The fraction of sp³-hybridized carbons (Fsp3) is 0.136. The van der Waals surface area contributed by atoms with Crippen LogP contribution in [0.4, 0.5) is 11.4 Å². The fourth-order valence-corrected chi connectivity index (χ4v) is 4.26. The number of thiophene rings is 1. The van der Waals surface area contributed by atoms with Crippen molar-refractivity contribution in [2.45, 2.75) is 13.5 Å². The Morgan fingerprint density at radius 1 is 1.17 bits per heavy atom. The van der Waals surface area contributed by atoms with Crippen LogP contribution in [0.25, 0.3) is 10.9 Å². The molecule has 152 valence electrons. The highest BCUT2D eigenvalue weighted by atomic mass is 79.9. The second-order valence-electron chi connectivity index (χ2n) is 6.73. The molecule has 0 fully saturated rings. The number of aromatic hydroxyl groups is 1. The summed E-state index contributed by atoms with van der Waals surface area (Å²) in [5, 5.41) is 22.0. The number of esters is 1. The predicted octanol–water partition coefficient (Wildman–Crippen LogP) is 6.73. The van der Waals surface area contributed by atoms with Crippen molar-refractivity contribution in [3.8, 4) is 5.88 Å². The molecule has 0 unspecified atom stereocenters. The summed E-state index contributed by atoms with van der Waals surface area (Å²) in [6, 6.07) is 15.6. The van der Waals surface area contributed by atoms with Crippen LogP contribution < -0.4 is 0 Å². The molecule has 0 saturated carbocycles. The van der Waals surface area contributed by atoms with Gasteiger partial charge in [-0.25, -0.2) is 4.79 Å². The van der Waals surface area contributed by atoms with Gasteiger partial charge in [-0.2, -0.15) is 0 Å². The quantitative estimate of drug-likeness (QED) is 0.252. The third-order valence-corrected chi connectivity index (χ3v) is 6.08. The number of halogens is 1. The zero-order valence-electron chi connectivity index (χ0n) is 16.3. The van der Waals surface area contributed by atoms with E-state index in [1.54, 1.807) is 16.0 Å². The Morgan fingerprint density at radius 2 is 1.93 bits per heavy atom. The van der Waals surface area contributed by atoms with E-state index in [2.05, 4.69) is 26.2 Å². The van der Waals surface area contributed by atoms with Crippen LogP contribution >= 0.6 is 27.3 Å². The number of methoxy groups -OCH3 is 1. The van der Waals surface area contributed by atoms with Crippen LogP contribution in [0.15, 0.2) is 68.6 Å². The van der Waals surface area contributed by atoms with Gasteiger partial charge in [0.1, 0.15) is 10.6 Å². The number of hydrogen-bond donors (Lipinski definition) is 1. The summed E-state index contributed by atoms with van der Waals surface area (Å²) in [6.45, 7) is 2.53. The van der Waals surface area contributed by atoms with Gasteiger partial charge in [0.15, 0.2) is 5.69 Å². The zero-order chi connectivity index (χ0) is 21.3. The Hall–Kier alpha value is -2.97. The van der Waals surface area contributed by atoms with Crippen molar-refractivity contribution in [2.24, 2.45) is 10.2 Å². The highest BCUT2D eigenvalue weighted by Crippen LogP contribution is 2.41. The van der Waals surface area contributed by atoms with Crippen LogP contribution in [0.5, 0.6) is 5.88 Å². The Morgan fingerprint density at radius 3 is 2.67 bits per heavy atom. The molecule has 0 spiro atoms. The first-order valence-electron chi connectivity index (χ1n) is 9.11. The van der Waals surface area contributed by atoms with E-state index in [4.69, 9.17) is 4.74 Å². The number of rotatable bonds is 5. The molecule has 6 nitrogen and oxygen atoms in total. The van der Waals surface area contributed by atoms with Crippen molar-refractivity contribution < 1.29 is 14.6 Å². The molecule has 2 aromatic heterocycles. The minimum absolute atomic E-state index is 0.0160. The normalized spacial score (nSPS) is 11.4. The number of benzene rings is 2. The van der Waals surface area contributed by atoms with E-state index < -0.39 is 5.97 Å². The molecule has 0 amide bonds. The summed E-state index contributed by atoms with van der Waals surface area (Å²) in [5.74, 6) is -0.449. The lowest BCUT2D eigenvalue weighted by Gasteiger charge is -2.07. The van der Waals surface area contributed by atoms with Crippen LogP contribution in [0.3, 0.4) is 0 Å². The highest BCUT2D eigenvalue weighted by molar-refractivity contribution is 9.10. The minimum Gasteiger partial charge on any atom is -0.493 e. The maximum atomic E-state index is 11.9. The van der Waals surface area contributed by atoms with E-state index in [1.165, 1.54) is 24.0 Å². The Bertz CT molecular complexity index is 1260. The van der Waals surface area contributed by atoms with Gasteiger partial charge in [0.05, 0.1) is 19.2 Å². The summed E-state index contributed by atoms with van der Waals surface area (Å²) in [4.78, 5) is 12.3. The predicted molar refractivity (Wildman–Crippen MR) is 121 cm³/mol. The van der Waals surface area contributed by atoms with Crippen molar-refractivity contribution in [1.82, 2.24) is 4.57 Å². The number of aryl methyl sites for hydroxylation is 1. The zero-order valence-corrected chi connectivity index (χ0v) is 18.7. The summed E-state index contributed by atoms with van der Waals surface area (Å²) >= 11 is 4.71. The van der Waals surface area contributed by atoms with Crippen LogP contribution in [0.1, 0.15) is 20.8 Å². The van der Waals surface area contributed by atoms with Gasteiger partial charge in [-0.15, -0.1) is 21.6 Å². The molecule has 0 atom stereocenters. The molecule has 0 aliphatic heterocycles. The van der Waals surface area contributed by atoms with Crippen LogP contribution in [0.2, 0.25) is 0 Å². The molecule has 2 aromatic carbocycles. The van der Waals surface area contributed by atoms with Crippen molar-refractivity contribution in [1.29, 1.82) is 0 Å². The van der Waals surface area contributed by atoms with Gasteiger partial charge in [-0.1, -0.05) is 45.8 Å². The van der Waals surface area contributed by atoms with Crippen LogP contribution in [-0.2, 0) is 11.3 Å². The number of carbonyl (C=O) groups excluding carboxylic acids is 1. The molecule has 0 saturated heterocycles. The number of aromatic nitrogens is 1. The van der Waals surface area contributed by atoms with Gasteiger partial charge in [0, 0.05) is 9.86 Å². The molecule has 1 N–H and O–H groups in total. The number of carbonyl (C=O) groups is 1. The number of hydrogen-bond acceptors (Lipinski definition) is 6. The summed E-state index contributed by atoms with van der Waals surface area (Å²) in [5.41, 5.74) is 3.82. The summed E-state index contributed by atoms with van der Waals surface area (Å²) in [7, 11) is 1.32. The highest BCUT2D eigenvalue weighted by Gasteiger charge is 2.18. The maximum absolute atomic E-state index is 11.9. The fourth-order valence-electron chi connectivity index (χ4n) is 3.16. The molecule has 4 aromatic rings. The lowest BCUT2D eigenvalue weighted by Crippen LogP contribution is -1.98. The molecular formula is C22H18BrN3O3S. The van der Waals surface area contributed by atoms with Crippen molar-refractivity contribution in [2.75, 3.05) is 7.11 Å². The Labute approximate surface area is 185 Å². The largest absolute Gasteiger partial charge is 0.493 e. The first-order valence-corrected chi connectivity index (χ1v) is 10.8. The molecule has 0 radical (unpaired) electrons. The molecule has 0 bridgehead atoms. The minimum atomic E-state index is -0.465. The van der Waals surface area contributed by atoms with Gasteiger partial charge in [-0.3, -0.25) is 0 Å². The molecule has 0 aliphatic rings. The van der Waals surface area contributed by atoms with E-state index in [-0.39, 0.29) is 5.88 Å². The molecule has 4 rings (SSSR count). The standard InChI is InChI=1S/C22H18BrN3O3S/c1-13-3-5-14(6-4-13)12-26-18-8-7-15(23)11-16(18)19(21(26)27)25-24-17-9-10-30-20(17)22(28)29-2/h3-11,27H,12H2,1-2H3. The van der Waals surface area contributed by atoms with Gasteiger partial charge >= 0.3 is 5.97 Å². The summed E-state index contributed by atoms with van der Waals surface area (Å²) < 4.78 is 7.45. The Balaban J connectivity index is 1.79.